The molecule has 0 N–H and O–H groups in total. The van der Waals surface area contributed by atoms with Crippen LogP contribution in [0.3, 0.4) is 0 Å². The standard InChI is InChI=1S/C34H20BrClN2O/c35-26-14-9-21(10-15-26)31(39)18-13-25-20-38(28-6-2-5-27(36)19-28)37-34(25)30-17-12-24-8-7-22-3-1-4-23-11-16-29(30)33(24)32(22)23/h1-20H/b18-13+. The molecule has 0 aliphatic carbocycles. The van der Waals surface area contributed by atoms with Gasteiger partial charge in [-0.15, -0.1) is 0 Å². The molecule has 0 radical (unpaired) electrons. The van der Waals surface area contributed by atoms with E-state index < -0.39 is 0 Å². The third kappa shape index (κ3) is 4.22. The van der Waals surface area contributed by atoms with Gasteiger partial charge in [0.2, 0.25) is 0 Å². The highest BCUT2D eigenvalue weighted by atomic mass is 79.9. The van der Waals surface area contributed by atoms with Crippen LogP contribution in [-0.4, -0.2) is 15.6 Å². The maximum absolute atomic E-state index is 13.0. The zero-order valence-electron chi connectivity index (χ0n) is 20.6. The molecule has 0 spiro atoms. The molecular weight excluding hydrogens is 568 g/mol. The third-order valence-electron chi connectivity index (χ3n) is 7.14. The Morgan fingerprint density at radius 2 is 1.49 bits per heavy atom. The van der Waals surface area contributed by atoms with Crippen molar-refractivity contribution in [2.75, 3.05) is 0 Å². The Balaban J connectivity index is 1.43. The molecule has 1 heterocycles. The number of benzene rings is 6. The summed E-state index contributed by atoms with van der Waals surface area (Å²) in [5, 5.41) is 12.9. The van der Waals surface area contributed by atoms with Gasteiger partial charge >= 0.3 is 0 Å². The van der Waals surface area contributed by atoms with Gasteiger partial charge in [0, 0.05) is 32.4 Å². The smallest absolute Gasteiger partial charge is 0.185 e. The van der Waals surface area contributed by atoms with Crippen molar-refractivity contribution in [1.82, 2.24) is 9.78 Å². The van der Waals surface area contributed by atoms with Crippen LogP contribution >= 0.6 is 27.5 Å². The van der Waals surface area contributed by atoms with E-state index in [-0.39, 0.29) is 5.78 Å². The third-order valence-corrected chi connectivity index (χ3v) is 7.91. The molecule has 0 saturated heterocycles. The molecule has 0 aliphatic rings. The Bertz CT molecular complexity index is 2040. The minimum atomic E-state index is -0.0701. The average molecular weight is 588 g/mol. The summed E-state index contributed by atoms with van der Waals surface area (Å²) in [6, 6.07) is 34.4. The predicted octanol–water partition coefficient (Wildman–Crippen LogP) is 9.75. The molecule has 186 valence electrons. The van der Waals surface area contributed by atoms with Crippen LogP contribution in [0.25, 0.3) is 55.3 Å². The van der Waals surface area contributed by atoms with E-state index in [9.17, 15) is 4.79 Å². The van der Waals surface area contributed by atoms with Crippen LogP contribution in [0.15, 0.2) is 120 Å². The van der Waals surface area contributed by atoms with Gasteiger partial charge in [0.25, 0.3) is 0 Å². The molecule has 39 heavy (non-hydrogen) atoms. The molecule has 0 aliphatic heterocycles. The van der Waals surface area contributed by atoms with E-state index >= 15 is 0 Å². The van der Waals surface area contributed by atoms with E-state index in [1.807, 2.05) is 65.5 Å². The predicted molar refractivity (Wildman–Crippen MR) is 165 cm³/mol. The van der Waals surface area contributed by atoms with Crippen LogP contribution in [0.2, 0.25) is 5.02 Å². The van der Waals surface area contributed by atoms with Crippen molar-refractivity contribution in [1.29, 1.82) is 0 Å². The minimum absolute atomic E-state index is 0.0701. The van der Waals surface area contributed by atoms with Crippen molar-refractivity contribution >= 4 is 71.7 Å². The van der Waals surface area contributed by atoms with Gasteiger partial charge in [-0.25, -0.2) is 4.68 Å². The number of allylic oxidation sites excluding steroid dienone is 1. The van der Waals surface area contributed by atoms with Crippen molar-refractivity contribution in [3.63, 3.8) is 0 Å². The Hall–Kier alpha value is -4.25. The molecule has 0 unspecified atom stereocenters. The summed E-state index contributed by atoms with van der Waals surface area (Å²) in [5.74, 6) is -0.0701. The zero-order valence-corrected chi connectivity index (χ0v) is 22.9. The second-order valence-corrected chi connectivity index (χ2v) is 10.9. The minimum Gasteiger partial charge on any atom is -0.289 e. The SMILES string of the molecule is O=C(/C=C/c1cn(-c2cccc(Cl)c2)nc1-c1ccc2ccc3cccc4ccc1c2c34)c1ccc(Br)cc1. The number of hydrogen-bond donors (Lipinski definition) is 0. The summed E-state index contributed by atoms with van der Waals surface area (Å²) in [5.41, 5.74) is 4.13. The molecule has 5 heteroatoms. The average Bonchev–Trinajstić information content (AvgIpc) is 3.39. The van der Waals surface area contributed by atoms with Gasteiger partial charge < -0.3 is 0 Å². The van der Waals surface area contributed by atoms with Crippen LogP contribution in [0.1, 0.15) is 15.9 Å². The lowest BCUT2D eigenvalue weighted by Gasteiger charge is -2.13. The Kier molecular flexibility index (Phi) is 5.80. The van der Waals surface area contributed by atoms with Gasteiger partial charge in [0.1, 0.15) is 5.69 Å². The lowest BCUT2D eigenvalue weighted by atomic mass is 9.90. The quantitative estimate of drug-likeness (QED) is 0.114. The monoisotopic (exact) mass is 586 g/mol. The molecule has 6 aromatic carbocycles. The second-order valence-electron chi connectivity index (χ2n) is 9.53. The Morgan fingerprint density at radius 1 is 0.795 bits per heavy atom. The van der Waals surface area contributed by atoms with Crippen LogP contribution in [-0.2, 0) is 0 Å². The van der Waals surface area contributed by atoms with E-state index in [1.54, 1.807) is 6.08 Å². The number of nitrogens with zero attached hydrogens (tertiary/aromatic N) is 2. The first-order valence-corrected chi connectivity index (χ1v) is 13.7. The fraction of sp³-hybridized carbons (Fsp3) is 0. The summed E-state index contributed by atoms with van der Waals surface area (Å²) in [6.45, 7) is 0. The van der Waals surface area contributed by atoms with Gasteiger partial charge in [-0.1, -0.05) is 88.2 Å². The fourth-order valence-electron chi connectivity index (χ4n) is 5.29. The first kappa shape index (κ1) is 23.8. The molecule has 3 nitrogen and oxygen atoms in total. The molecular formula is C34H20BrClN2O. The van der Waals surface area contributed by atoms with Crippen LogP contribution < -0.4 is 0 Å². The number of carbonyl (C=O) groups is 1. The molecule has 0 atom stereocenters. The normalized spacial score (nSPS) is 11.8. The van der Waals surface area contributed by atoms with Gasteiger partial charge in [0.15, 0.2) is 5.78 Å². The summed E-state index contributed by atoms with van der Waals surface area (Å²) in [6.07, 6.45) is 5.41. The zero-order chi connectivity index (χ0) is 26.5. The summed E-state index contributed by atoms with van der Waals surface area (Å²) < 4.78 is 2.75. The number of rotatable bonds is 5. The molecule has 1 aromatic heterocycles. The summed E-state index contributed by atoms with van der Waals surface area (Å²) >= 11 is 9.73. The Labute approximate surface area is 238 Å². The molecule has 7 aromatic rings. The van der Waals surface area contributed by atoms with Gasteiger partial charge in [-0.3, -0.25) is 4.79 Å². The maximum atomic E-state index is 13.0. The Morgan fingerprint density at radius 3 is 2.26 bits per heavy atom. The van der Waals surface area contributed by atoms with Crippen LogP contribution in [0, 0.1) is 0 Å². The molecule has 0 fully saturated rings. The van der Waals surface area contributed by atoms with Crippen molar-refractivity contribution in [2.45, 2.75) is 0 Å². The lowest BCUT2D eigenvalue weighted by molar-refractivity contribution is 0.104. The van der Waals surface area contributed by atoms with Gasteiger partial charge in [-0.2, -0.15) is 5.10 Å². The van der Waals surface area contributed by atoms with E-state index in [1.165, 1.54) is 26.9 Å². The number of halogens is 2. The number of carbonyl (C=O) groups excluding carboxylic acids is 1. The first-order valence-electron chi connectivity index (χ1n) is 12.6. The lowest BCUT2D eigenvalue weighted by Crippen LogP contribution is -1.95. The van der Waals surface area contributed by atoms with Crippen molar-refractivity contribution in [3.05, 3.63) is 136 Å². The summed E-state index contributed by atoms with van der Waals surface area (Å²) in [4.78, 5) is 13.0. The highest BCUT2D eigenvalue weighted by Gasteiger charge is 2.17. The molecule has 0 saturated carbocycles. The number of aromatic nitrogens is 2. The number of hydrogen-bond acceptors (Lipinski definition) is 2. The highest BCUT2D eigenvalue weighted by molar-refractivity contribution is 9.10. The van der Waals surface area contributed by atoms with Gasteiger partial charge in [-0.05, 0) is 86.9 Å². The molecule has 7 rings (SSSR count). The van der Waals surface area contributed by atoms with E-state index in [4.69, 9.17) is 16.7 Å². The van der Waals surface area contributed by atoms with E-state index in [0.29, 0.717) is 10.6 Å². The largest absolute Gasteiger partial charge is 0.289 e. The van der Waals surface area contributed by atoms with Crippen molar-refractivity contribution < 1.29 is 4.79 Å². The molecule has 0 bridgehead atoms. The van der Waals surface area contributed by atoms with Crippen molar-refractivity contribution in [2.24, 2.45) is 0 Å². The maximum Gasteiger partial charge on any atom is 0.185 e. The first-order chi connectivity index (χ1) is 19.0. The van der Waals surface area contributed by atoms with E-state index in [2.05, 4.69) is 70.5 Å². The summed E-state index contributed by atoms with van der Waals surface area (Å²) in [7, 11) is 0. The highest BCUT2D eigenvalue weighted by Crippen LogP contribution is 2.40. The van der Waals surface area contributed by atoms with Crippen LogP contribution in [0.5, 0.6) is 0 Å². The number of ketones is 1. The van der Waals surface area contributed by atoms with Crippen molar-refractivity contribution in [3.8, 4) is 16.9 Å². The van der Waals surface area contributed by atoms with Crippen LogP contribution in [0.4, 0.5) is 0 Å². The fourth-order valence-corrected chi connectivity index (χ4v) is 5.74. The van der Waals surface area contributed by atoms with E-state index in [0.717, 1.165) is 32.4 Å². The topological polar surface area (TPSA) is 34.9 Å². The molecule has 0 amide bonds. The second kappa shape index (κ2) is 9.49. The van der Waals surface area contributed by atoms with Gasteiger partial charge in [0.05, 0.1) is 5.69 Å².